The molecule has 0 bridgehead atoms. The van der Waals surface area contributed by atoms with Crippen molar-refractivity contribution in [2.45, 2.75) is 6.54 Å². The van der Waals surface area contributed by atoms with Gasteiger partial charge in [-0.2, -0.15) is 0 Å². The number of nitro groups is 1. The Bertz CT molecular complexity index is 758. The number of ketones is 1. The van der Waals surface area contributed by atoms with Crippen molar-refractivity contribution in [1.29, 1.82) is 0 Å². The van der Waals surface area contributed by atoms with Gasteiger partial charge in [-0.15, -0.1) is 0 Å². The van der Waals surface area contributed by atoms with E-state index in [9.17, 15) is 19.7 Å². The van der Waals surface area contributed by atoms with Crippen LogP contribution in [0.5, 0.6) is 0 Å². The van der Waals surface area contributed by atoms with E-state index in [2.05, 4.69) is 4.98 Å². The fourth-order valence-corrected chi connectivity index (χ4v) is 2.23. The molecule has 1 aliphatic heterocycles. The summed E-state index contributed by atoms with van der Waals surface area (Å²) in [5, 5.41) is 10.8. The number of carbonyl (C=O) groups is 2. The molecule has 1 aliphatic rings. The number of hydrogen-bond acceptors (Lipinski definition) is 5. The second-order valence-electron chi connectivity index (χ2n) is 4.53. The molecule has 0 saturated heterocycles. The summed E-state index contributed by atoms with van der Waals surface area (Å²) in [5.41, 5.74) is 1.08. The summed E-state index contributed by atoms with van der Waals surface area (Å²) in [6.45, 7) is 0.220. The van der Waals surface area contributed by atoms with E-state index in [4.69, 9.17) is 0 Å². The van der Waals surface area contributed by atoms with Crippen LogP contribution in [-0.4, -0.2) is 21.6 Å². The van der Waals surface area contributed by atoms with Crippen LogP contribution in [0.1, 0.15) is 15.9 Å². The van der Waals surface area contributed by atoms with E-state index in [-0.39, 0.29) is 17.8 Å². The number of hydrogen-bond donors (Lipinski definition) is 0. The molecule has 21 heavy (non-hydrogen) atoms. The van der Waals surface area contributed by atoms with E-state index in [1.54, 1.807) is 24.5 Å². The van der Waals surface area contributed by atoms with Gasteiger partial charge in [-0.25, -0.2) is 0 Å². The first kappa shape index (κ1) is 12.9. The van der Waals surface area contributed by atoms with Gasteiger partial charge in [0, 0.05) is 24.5 Å². The number of non-ortho nitro benzene ring substituents is 1. The predicted molar refractivity (Wildman–Crippen MR) is 72.9 cm³/mol. The van der Waals surface area contributed by atoms with Gasteiger partial charge in [0.15, 0.2) is 0 Å². The number of fused-ring (bicyclic) bond motifs is 1. The average molecular weight is 283 g/mol. The van der Waals surface area contributed by atoms with E-state index in [0.29, 0.717) is 5.69 Å². The van der Waals surface area contributed by atoms with E-state index in [1.165, 1.54) is 17.0 Å². The van der Waals surface area contributed by atoms with Gasteiger partial charge in [0.25, 0.3) is 17.4 Å². The third-order valence-electron chi connectivity index (χ3n) is 3.26. The Morgan fingerprint density at radius 2 is 1.86 bits per heavy atom. The van der Waals surface area contributed by atoms with Gasteiger partial charge < -0.3 is 4.90 Å². The predicted octanol–water partition coefficient (Wildman–Crippen LogP) is 1.72. The van der Waals surface area contributed by atoms with Crippen LogP contribution < -0.4 is 4.90 Å². The molecule has 0 fully saturated rings. The molecule has 104 valence electrons. The van der Waals surface area contributed by atoms with Crippen molar-refractivity contribution in [3.8, 4) is 0 Å². The Labute approximate surface area is 119 Å². The number of rotatable bonds is 3. The monoisotopic (exact) mass is 283 g/mol. The highest BCUT2D eigenvalue weighted by Crippen LogP contribution is 2.32. The molecule has 0 radical (unpaired) electrons. The Kier molecular flexibility index (Phi) is 2.94. The Hall–Kier alpha value is -3.09. The van der Waals surface area contributed by atoms with Crippen molar-refractivity contribution in [3.63, 3.8) is 0 Å². The first-order valence-electron chi connectivity index (χ1n) is 6.11. The van der Waals surface area contributed by atoms with E-state index in [1.807, 2.05) is 0 Å². The van der Waals surface area contributed by atoms with Crippen molar-refractivity contribution >= 4 is 23.1 Å². The van der Waals surface area contributed by atoms with Gasteiger partial charge in [-0.3, -0.25) is 24.7 Å². The molecule has 7 heteroatoms. The highest BCUT2D eigenvalue weighted by Gasteiger charge is 2.36. The molecule has 0 aliphatic carbocycles. The third-order valence-corrected chi connectivity index (χ3v) is 3.26. The number of pyridine rings is 1. The molecule has 7 nitrogen and oxygen atoms in total. The zero-order valence-electron chi connectivity index (χ0n) is 10.7. The molecular weight excluding hydrogens is 274 g/mol. The topological polar surface area (TPSA) is 93.4 Å². The molecule has 0 N–H and O–H groups in total. The van der Waals surface area contributed by atoms with Crippen LogP contribution >= 0.6 is 0 Å². The molecule has 1 amide bonds. The standard InChI is InChI=1S/C14H9N3O4/c18-13-11-7-10(17(20)21)1-2-12(11)16(14(13)19)8-9-3-5-15-6-4-9/h1-7H,8H2. The Balaban J connectivity index is 2.00. The van der Waals surface area contributed by atoms with Crippen LogP contribution in [0.3, 0.4) is 0 Å². The summed E-state index contributed by atoms with van der Waals surface area (Å²) in [4.78, 5) is 39.3. The number of Topliss-reactive ketones (excluding diaryl/α,β-unsaturated/α-hetero) is 1. The largest absolute Gasteiger partial charge is 0.300 e. The van der Waals surface area contributed by atoms with Crippen LogP contribution in [0, 0.1) is 10.1 Å². The number of carbonyl (C=O) groups excluding carboxylic acids is 2. The van der Waals surface area contributed by atoms with Gasteiger partial charge in [0.2, 0.25) is 0 Å². The lowest BCUT2D eigenvalue weighted by Gasteiger charge is -2.16. The summed E-state index contributed by atoms with van der Waals surface area (Å²) < 4.78 is 0. The molecule has 0 unspecified atom stereocenters. The molecule has 1 aromatic heterocycles. The van der Waals surface area contributed by atoms with E-state index in [0.717, 1.165) is 11.6 Å². The number of benzene rings is 1. The van der Waals surface area contributed by atoms with Gasteiger partial charge in [-0.05, 0) is 23.8 Å². The van der Waals surface area contributed by atoms with Gasteiger partial charge in [0.05, 0.1) is 22.7 Å². The Morgan fingerprint density at radius 3 is 2.52 bits per heavy atom. The fourth-order valence-electron chi connectivity index (χ4n) is 2.23. The van der Waals surface area contributed by atoms with E-state index >= 15 is 0 Å². The number of anilines is 1. The summed E-state index contributed by atoms with van der Waals surface area (Å²) in [5.74, 6) is -1.40. The van der Waals surface area contributed by atoms with Crippen LogP contribution in [0.25, 0.3) is 0 Å². The molecule has 3 rings (SSSR count). The lowest BCUT2D eigenvalue weighted by molar-refractivity contribution is -0.384. The zero-order chi connectivity index (χ0) is 15.0. The maximum atomic E-state index is 12.0. The number of amides is 1. The molecule has 1 aromatic carbocycles. The first-order chi connectivity index (χ1) is 10.1. The van der Waals surface area contributed by atoms with Crippen LogP contribution in [-0.2, 0) is 11.3 Å². The number of nitro benzene ring substituents is 1. The SMILES string of the molecule is O=C1C(=O)N(Cc2ccncc2)c2ccc([N+](=O)[O-])cc21. The van der Waals surface area contributed by atoms with Crippen LogP contribution in [0.2, 0.25) is 0 Å². The second kappa shape index (κ2) is 4.78. The Morgan fingerprint density at radius 1 is 1.14 bits per heavy atom. The second-order valence-corrected chi connectivity index (χ2v) is 4.53. The number of nitrogens with zero attached hydrogens (tertiary/aromatic N) is 3. The lowest BCUT2D eigenvalue weighted by atomic mass is 10.1. The van der Waals surface area contributed by atoms with Crippen LogP contribution in [0.15, 0.2) is 42.7 Å². The quantitative estimate of drug-likeness (QED) is 0.485. The average Bonchev–Trinajstić information content (AvgIpc) is 2.73. The lowest BCUT2D eigenvalue weighted by Crippen LogP contribution is -2.29. The molecule has 0 spiro atoms. The van der Waals surface area contributed by atoms with Crippen molar-refractivity contribution in [2.24, 2.45) is 0 Å². The summed E-state index contributed by atoms with van der Waals surface area (Å²) in [7, 11) is 0. The summed E-state index contributed by atoms with van der Waals surface area (Å²) in [6, 6.07) is 7.33. The summed E-state index contributed by atoms with van der Waals surface area (Å²) in [6.07, 6.45) is 3.18. The van der Waals surface area contributed by atoms with Crippen LogP contribution in [0.4, 0.5) is 11.4 Å². The minimum Gasteiger partial charge on any atom is -0.300 e. The molecule has 2 aromatic rings. The maximum absolute atomic E-state index is 12.0. The number of aromatic nitrogens is 1. The zero-order valence-corrected chi connectivity index (χ0v) is 10.7. The third kappa shape index (κ3) is 2.14. The van der Waals surface area contributed by atoms with Gasteiger partial charge in [0.1, 0.15) is 0 Å². The first-order valence-corrected chi connectivity index (χ1v) is 6.11. The normalized spacial score (nSPS) is 13.4. The molecular formula is C14H9N3O4. The van der Waals surface area contributed by atoms with E-state index < -0.39 is 16.6 Å². The molecule has 0 saturated carbocycles. The van der Waals surface area contributed by atoms with Crippen molar-refractivity contribution in [1.82, 2.24) is 4.98 Å². The highest BCUT2D eigenvalue weighted by atomic mass is 16.6. The molecule has 2 heterocycles. The van der Waals surface area contributed by atoms with Crippen molar-refractivity contribution in [3.05, 3.63) is 64.0 Å². The minimum atomic E-state index is -0.720. The molecule has 0 atom stereocenters. The van der Waals surface area contributed by atoms with Gasteiger partial charge >= 0.3 is 0 Å². The fraction of sp³-hybridized carbons (Fsp3) is 0.0714. The van der Waals surface area contributed by atoms with Crippen molar-refractivity contribution in [2.75, 3.05) is 4.90 Å². The highest BCUT2D eigenvalue weighted by molar-refractivity contribution is 6.52. The van der Waals surface area contributed by atoms with Crippen molar-refractivity contribution < 1.29 is 14.5 Å². The smallest absolute Gasteiger partial charge is 0.299 e. The maximum Gasteiger partial charge on any atom is 0.299 e. The summed E-state index contributed by atoms with van der Waals surface area (Å²) >= 11 is 0. The minimum absolute atomic E-state index is 0.0725. The van der Waals surface area contributed by atoms with Gasteiger partial charge in [-0.1, -0.05) is 0 Å².